The van der Waals surface area contributed by atoms with Gasteiger partial charge in [-0.3, -0.25) is 14.7 Å². The van der Waals surface area contributed by atoms with Gasteiger partial charge in [0, 0.05) is 44.1 Å². The van der Waals surface area contributed by atoms with Gasteiger partial charge in [-0.1, -0.05) is 12.8 Å². The molecule has 23 heavy (non-hydrogen) atoms. The molecule has 5 heteroatoms. The highest BCUT2D eigenvalue weighted by Crippen LogP contribution is 2.30. The lowest BCUT2D eigenvalue weighted by Gasteiger charge is -2.38. The van der Waals surface area contributed by atoms with Crippen LogP contribution in [-0.4, -0.2) is 65.6 Å². The van der Waals surface area contributed by atoms with E-state index < -0.39 is 0 Å². The molecule has 0 bridgehead atoms. The van der Waals surface area contributed by atoms with Gasteiger partial charge in [0.1, 0.15) is 0 Å². The van der Waals surface area contributed by atoms with E-state index in [2.05, 4.69) is 9.88 Å². The average molecular weight is 315 g/mol. The molecule has 3 aliphatic rings. The molecule has 0 N–H and O–H groups in total. The van der Waals surface area contributed by atoms with E-state index in [0.717, 1.165) is 31.2 Å². The van der Waals surface area contributed by atoms with Gasteiger partial charge < -0.3 is 9.64 Å². The minimum atomic E-state index is 0.103. The molecule has 1 saturated carbocycles. The van der Waals surface area contributed by atoms with Crippen LogP contribution in [0.5, 0.6) is 0 Å². The first-order valence-electron chi connectivity index (χ1n) is 8.86. The number of aromatic nitrogens is 1. The Labute approximate surface area is 137 Å². The summed E-state index contributed by atoms with van der Waals surface area (Å²) in [6, 6.07) is 3.96. The third-order valence-corrected chi connectivity index (χ3v) is 5.60. The van der Waals surface area contributed by atoms with Crippen LogP contribution in [0, 0.1) is 5.92 Å². The van der Waals surface area contributed by atoms with Gasteiger partial charge in [-0.2, -0.15) is 0 Å². The zero-order chi connectivity index (χ0) is 15.6. The maximum atomic E-state index is 12.7. The molecule has 0 unspecified atom stereocenters. The quantitative estimate of drug-likeness (QED) is 0.853. The lowest BCUT2D eigenvalue weighted by molar-refractivity contribution is -0.0516. The molecular weight excluding hydrogens is 290 g/mol. The number of hydrogen-bond donors (Lipinski definition) is 0. The largest absolute Gasteiger partial charge is 0.373 e. The maximum absolute atomic E-state index is 12.7. The standard InChI is InChI=1S/C18H25N3O2/c22-18(15-5-7-19-8-6-15)21-12-16-17(13-21)23-10-9-20(16)11-14-3-1-2-4-14/h5-8,14,16-17H,1-4,9-13H2/t16-,17+/m1/s1. The van der Waals surface area contributed by atoms with Crippen molar-refractivity contribution in [1.82, 2.24) is 14.8 Å². The number of ether oxygens (including phenoxy) is 1. The molecule has 5 nitrogen and oxygen atoms in total. The van der Waals surface area contributed by atoms with Crippen molar-refractivity contribution in [3.8, 4) is 0 Å². The predicted molar refractivity (Wildman–Crippen MR) is 87.2 cm³/mol. The summed E-state index contributed by atoms with van der Waals surface area (Å²) in [6.45, 7) is 4.49. The summed E-state index contributed by atoms with van der Waals surface area (Å²) in [6.07, 6.45) is 9.04. The molecule has 4 rings (SSSR count). The Morgan fingerprint density at radius 1 is 1.22 bits per heavy atom. The van der Waals surface area contributed by atoms with Crippen LogP contribution in [0.3, 0.4) is 0 Å². The van der Waals surface area contributed by atoms with Crippen molar-refractivity contribution in [3.63, 3.8) is 0 Å². The van der Waals surface area contributed by atoms with Crippen molar-refractivity contribution in [2.45, 2.75) is 37.8 Å². The van der Waals surface area contributed by atoms with Crippen molar-refractivity contribution in [3.05, 3.63) is 30.1 Å². The van der Waals surface area contributed by atoms with Gasteiger partial charge in [0.2, 0.25) is 0 Å². The van der Waals surface area contributed by atoms with E-state index in [-0.39, 0.29) is 12.0 Å². The molecule has 1 aromatic heterocycles. The fourth-order valence-corrected chi connectivity index (χ4v) is 4.35. The number of pyridine rings is 1. The maximum Gasteiger partial charge on any atom is 0.254 e. The first kappa shape index (κ1) is 15.1. The van der Waals surface area contributed by atoms with Crippen LogP contribution in [-0.2, 0) is 4.74 Å². The third kappa shape index (κ3) is 3.12. The average Bonchev–Trinajstić information content (AvgIpc) is 3.25. The Kier molecular flexibility index (Phi) is 4.31. The molecule has 0 radical (unpaired) electrons. The number of morpholine rings is 1. The second-order valence-electron chi connectivity index (χ2n) is 7.07. The number of likely N-dealkylation sites (tertiary alicyclic amines) is 1. The van der Waals surface area contributed by atoms with Crippen molar-refractivity contribution in [2.75, 3.05) is 32.8 Å². The molecule has 2 aliphatic heterocycles. The number of amides is 1. The number of rotatable bonds is 3. The van der Waals surface area contributed by atoms with Crippen LogP contribution in [0.4, 0.5) is 0 Å². The normalized spacial score (nSPS) is 29.0. The van der Waals surface area contributed by atoms with E-state index in [4.69, 9.17) is 4.74 Å². The number of carbonyl (C=O) groups is 1. The summed E-state index contributed by atoms with van der Waals surface area (Å²) >= 11 is 0. The van der Waals surface area contributed by atoms with E-state index >= 15 is 0 Å². The summed E-state index contributed by atoms with van der Waals surface area (Å²) < 4.78 is 5.96. The van der Waals surface area contributed by atoms with Crippen LogP contribution in [0.25, 0.3) is 0 Å². The molecule has 124 valence electrons. The molecule has 2 atom stereocenters. The zero-order valence-corrected chi connectivity index (χ0v) is 13.6. The molecule has 1 amide bonds. The van der Waals surface area contributed by atoms with Gasteiger partial charge in [0.25, 0.3) is 5.91 Å². The third-order valence-electron chi connectivity index (χ3n) is 5.60. The first-order chi connectivity index (χ1) is 11.3. The summed E-state index contributed by atoms with van der Waals surface area (Å²) in [4.78, 5) is 21.2. The predicted octanol–water partition coefficient (Wildman–Crippen LogP) is 1.80. The highest BCUT2D eigenvalue weighted by atomic mass is 16.5. The summed E-state index contributed by atoms with van der Waals surface area (Å²) in [7, 11) is 0. The lowest BCUT2D eigenvalue weighted by Crippen LogP contribution is -2.52. The van der Waals surface area contributed by atoms with Crippen LogP contribution < -0.4 is 0 Å². The fraction of sp³-hybridized carbons (Fsp3) is 0.667. The minimum absolute atomic E-state index is 0.103. The van der Waals surface area contributed by atoms with E-state index in [0.29, 0.717) is 12.6 Å². The Bertz CT molecular complexity index is 544. The topological polar surface area (TPSA) is 45.7 Å². The zero-order valence-electron chi connectivity index (χ0n) is 13.6. The van der Waals surface area contributed by atoms with Gasteiger partial charge in [0.15, 0.2) is 0 Å². The van der Waals surface area contributed by atoms with E-state index in [1.807, 2.05) is 4.90 Å². The van der Waals surface area contributed by atoms with E-state index in [1.165, 1.54) is 32.2 Å². The second kappa shape index (κ2) is 6.57. The number of nitrogens with zero attached hydrogens (tertiary/aromatic N) is 3. The van der Waals surface area contributed by atoms with Gasteiger partial charge in [0.05, 0.1) is 18.8 Å². The SMILES string of the molecule is O=C(c1ccncc1)N1C[C@@H]2OCCN(CC3CCCC3)[C@@H]2C1. The smallest absolute Gasteiger partial charge is 0.254 e. The molecule has 3 heterocycles. The van der Waals surface area contributed by atoms with Crippen LogP contribution in [0.2, 0.25) is 0 Å². The van der Waals surface area contributed by atoms with Crippen LogP contribution >= 0.6 is 0 Å². The molecular formula is C18H25N3O2. The monoisotopic (exact) mass is 315 g/mol. The molecule has 0 spiro atoms. The van der Waals surface area contributed by atoms with E-state index in [9.17, 15) is 4.79 Å². The number of hydrogen-bond acceptors (Lipinski definition) is 4. The fourth-order valence-electron chi connectivity index (χ4n) is 4.35. The molecule has 1 aromatic rings. The molecule has 3 fully saturated rings. The van der Waals surface area contributed by atoms with Crippen LogP contribution in [0.15, 0.2) is 24.5 Å². The van der Waals surface area contributed by atoms with E-state index in [1.54, 1.807) is 24.5 Å². The van der Waals surface area contributed by atoms with Crippen molar-refractivity contribution < 1.29 is 9.53 Å². The van der Waals surface area contributed by atoms with Gasteiger partial charge in [-0.25, -0.2) is 0 Å². The molecule has 1 aliphatic carbocycles. The van der Waals surface area contributed by atoms with Crippen molar-refractivity contribution >= 4 is 5.91 Å². The second-order valence-corrected chi connectivity index (χ2v) is 7.07. The molecule has 2 saturated heterocycles. The lowest BCUT2D eigenvalue weighted by atomic mass is 10.0. The Morgan fingerprint density at radius 3 is 2.78 bits per heavy atom. The highest BCUT2D eigenvalue weighted by molar-refractivity contribution is 5.94. The number of fused-ring (bicyclic) bond motifs is 1. The van der Waals surface area contributed by atoms with Gasteiger partial charge >= 0.3 is 0 Å². The Hall–Kier alpha value is -1.46. The summed E-state index contributed by atoms with van der Waals surface area (Å²) in [5, 5.41) is 0. The van der Waals surface area contributed by atoms with Crippen molar-refractivity contribution in [1.29, 1.82) is 0 Å². The summed E-state index contributed by atoms with van der Waals surface area (Å²) in [5.41, 5.74) is 0.723. The van der Waals surface area contributed by atoms with Gasteiger partial charge in [-0.05, 0) is 30.9 Å². The Balaban J connectivity index is 1.43. The van der Waals surface area contributed by atoms with Gasteiger partial charge in [-0.15, -0.1) is 0 Å². The summed E-state index contributed by atoms with van der Waals surface area (Å²) in [5.74, 6) is 0.949. The highest BCUT2D eigenvalue weighted by Gasteiger charge is 2.42. The number of carbonyl (C=O) groups excluding carboxylic acids is 1. The first-order valence-corrected chi connectivity index (χ1v) is 8.86. The molecule has 0 aromatic carbocycles. The minimum Gasteiger partial charge on any atom is -0.373 e. The van der Waals surface area contributed by atoms with Crippen molar-refractivity contribution in [2.24, 2.45) is 5.92 Å². The Morgan fingerprint density at radius 2 is 2.00 bits per heavy atom. The van der Waals surface area contributed by atoms with Crippen LogP contribution in [0.1, 0.15) is 36.0 Å².